The van der Waals surface area contributed by atoms with Gasteiger partial charge in [-0.15, -0.1) is 11.8 Å². The van der Waals surface area contributed by atoms with Crippen LogP contribution in [0.1, 0.15) is 25.3 Å². The van der Waals surface area contributed by atoms with Crippen LogP contribution >= 0.6 is 23.4 Å². The Morgan fingerprint density at radius 1 is 1.19 bits per heavy atom. The zero-order valence-corrected chi connectivity index (χ0v) is 19.8. The third-order valence-electron chi connectivity index (χ3n) is 5.44. The van der Waals surface area contributed by atoms with Crippen LogP contribution in [0.5, 0.6) is 0 Å². The second-order valence-electron chi connectivity index (χ2n) is 8.19. The summed E-state index contributed by atoms with van der Waals surface area (Å²) in [4.78, 5) is 25.9. The molecule has 1 fully saturated rings. The number of carbonyl (C=O) groups is 2. The van der Waals surface area contributed by atoms with Gasteiger partial charge in [-0.3, -0.25) is 9.59 Å². The first kappa shape index (κ1) is 24.6. The van der Waals surface area contributed by atoms with Crippen molar-refractivity contribution < 1.29 is 9.59 Å². The standard InChI is InChI=1S/C24H31ClN4O2S/c1-16(26)23(30)29-20-13-22(27-14-20)24(31)28-19(10-7-17-5-3-2-4-6-17)15-32-21-11-8-18(25)9-12-21/h2-6,8-9,11-12,16,19-20,22,27H,7,10,13-15,26H2,1H3,(H,28,31)(H,29,30)/t16?,19?,20-,22+/m0/s1. The zero-order chi connectivity index (χ0) is 22.9. The fraction of sp³-hybridized carbons (Fsp3) is 0.417. The van der Waals surface area contributed by atoms with Crippen LogP contribution < -0.4 is 21.7 Å². The summed E-state index contributed by atoms with van der Waals surface area (Å²) in [5.74, 6) is 0.535. The number of hydrogen-bond donors (Lipinski definition) is 4. The third-order valence-corrected chi connectivity index (χ3v) is 6.87. The molecular formula is C24H31ClN4O2S. The molecule has 1 aliphatic heterocycles. The predicted octanol–water partition coefficient (Wildman–Crippen LogP) is 2.74. The Hall–Kier alpha value is -2.06. The molecule has 0 saturated carbocycles. The van der Waals surface area contributed by atoms with E-state index >= 15 is 0 Å². The van der Waals surface area contributed by atoms with Crippen molar-refractivity contribution in [3.8, 4) is 0 Å². The third kappa shape index (κ3) is 7.81. The molecule has 3 rings (SSSR count). The first-order chi connectivity index (χ1) is 15.4. The molecule has 0 bridgehead atoms. The maximum absolute atomic E-state index is 13.0. The Kier molecular flexibility index (Phi) is 9.41. The highest BCUT2D eigenvalue weighted by atomic mass is 35.5. The smallest absolute Gasteiger partial charge is 0.237 e. The summed E-state index contributed by atoms with van der Waals surface area (Å²) in [5, 5.41) is 10.0. The molecule has 0 radical (unpaired) electrons. The van der Waals surface area contributed by atoms with Crippen LogP contribution in [0.25, 0.3) is 0 Å². The van der Waals surface area contributed by atoms with Crippen molar-refractivity contribution in [2.24, 2.45) is 5.73 Å². The number of halogens is 1. The minimum Gasteiger partial charge on any atom is -0.351 e. The number of aryl methyl sites for hydroxylation is 1. The molecule has 1 aliphatic rings. The summed E-state index contributed by atoms with van der Waals surface area (Å²) in [6.45, 7) is 2.21. The first-order valence-corrected chi connectivity index (χ1v) is 12.3. The molecule has 0 aromatic heterocycles. The lowest BCUT2D eigenvalue weighted by atomic mass is 10.1. The molecule has 0 aliphatic carbocycles. The zero-order valence-electron chi connectivity index (χ0n) is 18.2. The van der Waals surface area contributed by atoms with Crippen LogP contribution in [0, 0.1) is 0 Å². The normalized spacial score (nSPS) is 19.8. The average Bonchev–Trinajstić information content (AvgIpc) is 3.26. The SMILES string of the molecule is CC(N)C(=O)N[C@@H]1CN[C@@H](C(=O)NC(CCc2ccccc2)CSc2ccc(Cl)cc2)C1. The summed E-state index contributed by atoms with van der Waals surface area (Å²) < 4.78 is 0. The van der Waals surface area contributed by atoms with Crippen LogP contribution in [-0.4, -0.2) is 48.3 Å². The van der Waals surface area contributed by atoms with E-state index in [0.29, 0.717) is 18.0 Å². The van der Waals surface area contributed by atoms with Crippen LogP contribution in [0.3, 0.4) is 0 Å². The highest BCUT2D eigenvalue weighted by Gasteiger charge is 2.31. The van der Waals surface area contributed by atoms with Crippen molar-refractivity contribution in [2.45, 2.75) is 55.2 Å². The van der Waals surface area contributed by atoms with Crippen LogP contribution in [0.15, 0.2) is 59.5 Å². The number of benzene rings is 2. The summed E-state index contributed by atoms with van der Waals surface area (Å²) in [6, 6.07) is 17.1. The van der Waals surface area contributed by atoms with Gasteiger partial charge < -0.3 is 21.7 Å². The lowest BCUT2D eigenvalue weighted by molar-refractivity contribution is -0.124. The van der Waals surface area contributed by atoms with E-state index in [-0.39, 0.29) is 29.9 Å². The molecule has 1 saturated heterocycles. The van der Waals surface area contributed by atoms with E-state index in [2.05, 4.69) is 28.1 Å². The lowest BCUT2D eigenvalue weighted by Gasteiger charge is -2.21. The van der Waals surface area contributed by atoms with E-state index in [9.17, 15) is 9.59 Å². The molecule has 4 atom stereocenters. The molecule has 32 heavy (non-hydrogen) atoms. The minimum atomic E-state index is -0.560. The monoisotopic (exact) mass is 474 g/mol. The summed E-state index contributed by atoms with van der Waals surface area (Å²) in [5.41, 5.74) is 6.87. The molecule has 6 nitrogen and oxygen atoms in total. The minimum absolute atomic E-state index is 0.0166. The number of hydrogen-bond acceptors (Lipinski definition) is 5. The molecule has 2 amide bonds. The van der Waals surface area contributed by atoms with E-state index in [1.165, 1.54) is 5.56 Å². The molecule has 2 aromatic carbocycles. The van der Waals surface area contributed by atoms with E-state index in [4.69, 9.17) is 17.3 Å². The molecule has 2 unspecified atom stereocenters. The van der Waals surface area contributed by atoms with Crippen LogP contribution in [0.2, 0.25) is 5.02 Å². The molecule has 1 heterocycles. The predicted molar refractivity (Wildman–Crippen MR) is 131 cm³/mol. The Balaban J connectivity index is 1.56. The van der Waals surface area contributed by atoms with Gasteiger partial charge in [0, 0.05) is 34.3 Å². The maximum Gasteiger partial charge on any atom is 0.237 e. The number of nitrogens with two attached hydrogens (primary N) is 1. The summed E-state index contributed by atoms with van der Waals surface area (Å²) in [7, 11) is 0. The van der Waals surface area contributed by atoms with Gasteiger partial charge in [0.1, 0.15) is 0 Å². The first-order valence-electron chi connectivity index (χ1n) is 10.9. The second-order valence-corrected chi connectivity index (χ2v) is 9.72. The van der Waals surface area contributed by atoms with Gasteiger partial charge in [0.05, 0.1) is 12.1 Å². The van der Waals surface area contributed by atoms with Crippen molar-refractivity contribution in [3.05, 3.63) is 65.2 Å². The van der Waals surface area contributed by atoms with Gasteiger partial charge in [0.15, 0.2) is 0 Å². The number of thioether (sulfide) groups is 1. The molecule has 172 valence electrons. The Morgan fingerprint density at radius 2 is 1.91 bits per heavy atom. The van der Waals surface area contributed by atoms with Crippen molar-refractivity contribution in [3.63, 3.8) is 0 Å². The van der Waals surface area contributed by atoms with Crippen LogP contribution in [-0.2, 0) is 16.0 Å². The van der Waals surface area contributed by atoms with E-state index < -0.39 is 6.04 Å². The number of nitrogens with one attached hydrogen (secondary N) is 3. The van der Waals surface area contributed by atoms with Crippen molar-refractivity contribution in [1.82, 2.24) is 16.0 Å². The Labute approximate surface area is 199 Å². The van der Waals surface area contributed by atoms with Crippen LogP contribution in [0.4, 0.5) is 0 Å². The highest BCUT2D eigenvalue weighted by Crippen LogP contribution is 2.22. The summed E-state index contributed by atoms with van der Waals surface area (Å²) in [6.07, 6.45) is 2.28. The molecule has 2 aromatic rings. The van der Waals surface area contributed by atoms with E-state index in [1.54, 1.807) is 18.7 Å². The average molecular weight is 475 g/mol. The van der Waals surface area contributed by atoms with Gasteiger partial charge in [0.25, 0.3) is 0 Å². The number of rotatable bonds is 10. The Morgan fingerprint density at radius 3 is 2.59 bits per heavy atom. The van der Waals surface area contributed by atoms with Gasteiger partial charge in [-0.05, 0) is 56.0 Å². The van der Waals surface area contributed by atoms with Crippen molar-refractivity contribution in [1.29, 1.82) is 0 Å². The lowest BCUT2D eigenvalue weighted by Crippen LogP contribution is -2.46. The van der Waals surface area contributed by atoms with Gasteiger partial charge in [-0.25, -0.2) is 0 Å². The largest absolute Gasteiger partial charge is 0.351 e. The number of amides is 2. The molecule has 8 heteroatoms. The second kappa shape index (κ2) is 12.3. The fourth-order valence-corrected chi connectivity index (χ4v) is 4.69. The molecule has 5 N–H and O–H groups in total. The van der Waals surface area contributed by atoms with Gasteiger partial charge in [-0.2, -0.15) is 0 Å². The molecular weight excluding hydrogens is 444 g/mol. The number of carbonyl (C=O) groups excluding carboxylic acids is 2. The quantitative estimate of drug-likeness (QED) is 0.397. The van der Waals surface area contributed by atoms with E-state index in [0.717, 1.165) is 23.5 Å². The van der Waals surface area contributed by atoms with Gasteiger partial charge in [0.2, 0.25) is 11.8 Å². The van der Waals surface area contributed by atoms with Crippen molar-refractivity contribution in [2.75, 3.05) is 12.3 Å². The fourth-order valence-electron chi connectivity index (χ4n) is 3.59. The Bertz CT molecular complexity index is 879. The van der Waals surface area contributed by atoms with Gasteiger partial charge in [-0.1, -0.05) is 41.9 Å². The van der Waals surface area contributed by atoms with E-state index in [1.807, 2.05) is 42.5 Å². The summed E-state index contributed by atoms with van der Waals surface area (Å²) >= 11 is 7.69. The van der Waals surface area contributed by atoms with Gasteiger partial charge >= 0.3 is 0 Å². The maximum atomic E-state index is 13.0. The van der Waals surface area contributed by atoms with Crippen molar-refractivity contribution >= 4 is 35.2 Å². The molecule has 0 spiro atoms. The highest BCUT2D eigenvalue weighted by molar-refractivity contribution is 7.99. The topological polar surface area (TPSA) is 96.2 Å².